The maximum absolute atomic E-state index is 10.9. The molecule has 0 fully saturated rings. The number of benzene rings is 1. The third-order valence-electron chi connectivity index (χ3n) is 2.73. The molecule has 1 N–H and O–H groups in total. The van der Waals surface area contributed by atoms with Gasteiger partial charge in [-0.2, -0.15) is 5.26 Å². The van der Waals surface area contributed by atoms with Crippen molar-refractivity contribution in [1.82, 2.24) is 4.98 Å². The Morgan fingerprint density at radius 1 is 1.40 bits per heavy atom. The lowest BCUT2D eigenvalue weighted by atomic mass is 10.2. The average molecular weight is 268 g/mol. The zero-order chi connectivity index (χ0) is 14.5. The second kappa shape index (κ2) is 5.80. The summed E-state index contributed by atoms with van der Waals surface area (Å²) in [6.07, 6.45) is 0. The molecule has 100 valence electrons. The van der Waals surface area contributed by atoms with Crippen LogP contribution in [0.3, 0.4) is 0 Å². The lowest BCUT2D eigenvalue weighted by molar-refractivity contribution is -0.385. The van der Waals surface area contributed by atoms with E-state index in [4.69, 9.17) is 5.26 Å². The van der Waals surface area contributed by atoms with Crippen LogP contribution in [0.4, 0.5) is 11.4 Å². The molecule has 0 amide bonds. The van der Waals surface area contributed by atoms with E-state index >= 15 is 0 Å². The van der Waals surface area contributed by atoms with E-state index in [1.54, 1.807) is 12.1 Å². The summed E-state index contributed by atoms with van der Waals surface area (Å²) in [4.78, 5) is 14.6. The summed E-state index contributed by atoms with van der Waals surface area (Å²) in [5.74, 6) is 0. The van der Waals surface area contributed by atoms with Gasteiger partial charge in [0.25, 0.3) is 5.69 Å². The molecule has 0 spiro atoms. The monoisotopic (exact) mass is 268 g/mol. The Balaban J connectivity index is 2.16. The lowest BCUT2D eigenvalue weighted by Gasteiger charge is -2.06. The molecule has 0 saturated heterocycles. The highest BCUT2D eigenvalue weighted by atomic mass is 16.6. The van der Waals surface area contributed by atoms with Crippen LogP contribution >= 0.6 is 0 Å². The maximum atomic E-state index is 10.9. The molecule has 0 bridgehead atoms. The van der Waals surface area contributed by atoms with Crippen LogP contribution in [0.1, 0.15) is 17.0 Å². The third kappa shape index (κ3) is 3.09. The van der Waals surface area contributed by atoms with Gasteiger partial charge in [-0.3, -0.25) is 15.1 Å². The van der Waals surface area contributed by atoms with Crippen molar-refractivity contribution in [2.24, 2.45) is 0 Å². The molecule has 1 heterocycles. The number of nitriles is 1. The van der Waals surface area contributed by atoms with Crippen LogP contribution in [0.25, 0.3) is 0 Å². The van der Waals surface area contributed by atoms with E-state index in [1.807, 2.05) is 25.1 Å². The number of aryl methyl sites for hydroxylation is 1. The molecule has 0 saturated carbocycles. The topological polar surface area (TPSA) is 91.8 Å². The Bertz CT molecular complexity index is 692. The van der Waals surface area contributed by atoms with Gasteiger partial charge in [0, 0.05) is 17.4 Å². The number of pyridine rings is 1. The first-order valence-electron chi connectivity index (χ1n) is 5.95. The van der Waals surface area contributed by atoms with Gasteiger partial charge in [0.05, 0.1) is 17.2 Å². The number of aromatic nitrogens is 1. The highest BCUT2D eigenvalue weighted by Gasteiger charge is 2.14. The summed E-state index contributed by atoms with van der Waals surface area (Å²) < 4.78 is 0. The largest absolute Gasteiger partial charge is 0.379 e. The molecule has 1 aromatic heterocycles. The van der Waals surface area contributed by atoms with Crippen molar-refractivity contribution in [3.8, 4) is 6.07 Å². The quantitative estimate of drug-likeness (QED) is 0.680. The normalized spacial score (nSPS) is 9.80. The molecule has 2 rings (SSSR count). The number of hydrogen-bond acceptors (Lipinski definition) is 5. The minimum Gasteiger partial charge on any atom is -0.379 e. The Labute approximate surface area is 115 Å². The molecule has 0 atom stereocenters. The summed E-state index contributed by atoms with van der Waals surface area (Å²) in [7, 11) is 0. The molecular formula is C14H12N4O2. The van der Waals surface area contributed by atoms with Crippen molar-refractivity contribution in [1.29, 1.82) is 5.26 Å². The van der Waals surface area contributed by atoms with Gasteiger partial charge in [-0.25, -0.2) is 0 Å². The van der Waals surface area contributed by atoms with Crippen molar-refractivity contribution < 1.29 is 4.92 Å². The van der Waals surface area contributed by atoms with Gasteiger partial charge in [-0.15, -0.1) is 0 Å². The van der Waals surface area contributed by atoms with Gasteiger partial charge in [0.15, 0.2) is 0 Å². The van der Waals surface area contributed by atoms with Crippen LogP contribution < -0.4 is 5.32 Å². The number of hydrogen-bond donors (Lipinski definition) is 1. The highest BCUT2D eigenvalue weighted by Crippen LogP contribution is 2.22. The predicted octanol–water partition coefficient (Wildman–Crippen LogP) is 2.78. The first kappa shape index (κ1) is 13.5. The average Bonchev–Trinajstić information content (AvgIpc) is 2.45. The van der Waals surface area contributed by atoms with Gasteiger partial charge < -0.3 is 5.32 Å². The Hall–Kier alpha value is -2.94. The Morgan fingerprint density at radius 2 is 2.20 bits per heavy atom. The molecule has 1 aromatic carbocycles. The summed E-state index contributed by atoms with van der Waals surface area (Å²) in [6, 6.07) is 11.9. The van der Waals surface area contributed by atoms with E-state index in [9.17, 15) is 10.1 Å². The molecule has 0 radical (unpaired) electrons. The molecule has 6 nitrogen and oxygen atoms in total. The standard InChI is InChI=1S/C14H12N4O2/c1-10-3-2-4-13(17-10)9-16-12-6-5-11(8-15)14(7-12)18(19)20/h2-7,16H,9H2,1H3. The molecule has 0 unspecified atom stereocenters. The van der Waals surface area contributed by atoms with Crippen LogP contribution in [0.5, 0.6) is 0 Å². The van der Waals surface area contributed by atoms with Gasteiger partial charge in [0.2, 0.25) is 0 Å². The molecule has 0 aliphatic rings. The van der Waals surface area contributed by atoms with Crippen molar-refractivity contribution >= 4 is 11.4 Å². The summed E-state index contributed by atoms with van der Waals surface area (Å²) in [6.45, 7) is 2.36. The fourth-order valence-corrected chi connectivity index (χ4v) is 1.78. The van der Waals surface area contributed by atoms with E-state index in [0.29, 0.717) is 12.2 Å². The second-order valence-corrected chi connectivity index (χ2v) is 4.22. The van der Waals surface area contributed by atoms with Gasteiger partial charge in [-0.1, -0.05) is 6.07 Å². The number of nitro benzene ring substituents is 1. The van der Waals surface area contributed by atoms with Crippen LogP contribution in [-0.4, -0.2) is 9.91 Å². The molecule has 0 aliphatic carbocycles. The first-order chi connectivity index (χ1) is 9.60. The van der Waals surface area contributed by atoms with Gasteiger partial charge in [-0.05, 0) is 31.2 Å². The molecular weight excluding hydrogens is 256 g/mol. The smallest absolute Gasteiger partial charge is 0.289 e. The zero-order valence-corrected chi connectivity index (χ0v) is 10.8. The number of nitro groups is 1. The maximum Gasteiger partial charge on any atom is 0.289 e. The van der Waals surface area contributed by atoms with Crippen LogP contribution in [0.2, 0.25) is 0 Å². The first-order valence-corrected chi connectivity index (χ1v) is 5.95. The highest BCUT2D eigenvalue weighted by molar-refractivity contribution is 5.59. The number of anilines is 1. The van der Waals surface area contributed by atoms with E-state index in [1.165, 1.54) is 12.1 Å². The second-order valence-electron chi connectivity index (χ2n) is 4.22. The minimum atomic E-state index is -0.561. The summed E-state index contributed by atoms with van der Waals surface area (Å²) in [5.41, 5.74) is 2.19. The van der Waals surface area contributed by atoms with Crippen LogP contribution in [0, 0.1) is 28.4 Å². The summed E-state index contributed by atoms with van der Waals surface area (Å²) in [5, 5.41) is 22.7. The number of nitrogens with zero attached hydrogens (tertiary/aromatic N) is 3. The van der Waals surface area contributed by atoms with E-state index in [2.05, 4.69) is 10.3 Å². The van der Waals surface area contributed by atoms with E-state index < -0.39 is 4.92 Å². The van der Waals surface area contributed by atoms with Gasteiger partial charge >= 0.3 is 0 Å². The minimum absolute atomic E-state index is 0.0502. The van der Waals surface area contributed by atoms with Crippen molar-refractivity contribution in [3.05, 3.63) is 63.5 Å². The fourth-order valence-electron chi connectivity index (χ4n) is 1.78. The lowest BCUT2D eigenvalue weighted by Crippen LogP contribution is -2.03. The summed E-state index contributed by atoms with van der Waals surface area (Å²) >= 11 is 0. The fraction of sp³-hybridized carbons (Fsp3) is 0.143. The van der Waals surface area contributed by atoms with E-state index in [0.717, 1.165) is 11.4 Å². The van der Waals surface area contributed by atoms with Gasteiger partial charge in [0.1, 0.15) is 11.6 Å². The predicted molar refractivity (Wildman–Crippen MR) is 74.1 cm³/mol. The molecule has 0 aliphatic heterocycles. The van der Waals surface area contributed by atoms with Crippen molar-refractivity contribution in [2.75, 3.05) is 5.32 Å². The van der Waals surface area contributed by atoms with E-state index in [-0.39, 0.29) is 11.3 Å². The SMILES string of the molecule is Cc1cccc(CNc2ccc(C#N)c([N+](=O)[O-])c2)n1. The number of rotatable bonds is 4. The number of nitrogens with one attached hydrogen (secondary N) is 1. The zero-order valence-electron chi connectivity index (χ0n) is 10.8. The van der Waals surface area contributed by atoms with Crippen molar-refractivity contribution in [3.63, 3.8) is 0 Å². The Kier molecular flexibility index (Phi) is 3.91. The molecule has 2 aromatic rings. The Morgan fingerprint density at radius 3 is 2.85 bits per heavy atom. The van der Waals surface area contributed by atoms with Crippen LogP contribution in [-0.2, 0) is 6.54 Å². The molecule has 6 heteroatoms. The van der Waals surface area contributed by atoms with Crippen molar-refractivity contribution in [2.45, 2.75) is 13.5 Å². The third-order valence-corrected chi connectivity index (χ3v) is 2.73. The van der Waals surface area contributed by atoms with Crippen LogP contribution in [0.15, 0.2) is 36.4 Å². The molecule has 20 heavy (non-hydrogen) atoms.